The molecule has 3 aromatic carbocycles. The van der Waals surface area contributed by atoms with Gasteiger partial charge in [-0.2, -0.15) is 0 Å². The molecule has 0 aromatic heterocycles. The van der Waals surface area contributed by atoms with E-state index in [-0.39, 0.29) is 34.9 Å². The van der Waals surface area contributed by atoms with E-state index < -0.39 is 8.32 Å². The Bertz CT molecular complexity index is 1060. The third-order valence-electron chi connectivity index (χ3n) is 6.97. The van der Waals surface area contributed by atoms with Gasteiger partial charge in [-0.3, -0.25) is 4.79 Å². The zero-order chi connectivity index (χ0) is 25.6. The number of benzene rings is 3. The summed E-state index contributed by atoms with van der Waals surface area (Å²) in [5.74, 6) is -0.256. The van der Waals surface area contributed by atoms with Gasteiger partial charge in [0.2, 0.25) is 0 Å². The highest BCUT2D eigenvalue weighted by Gasteiger charge is 2.51. The molecule has 0 radical (unpaired) electrons. The molecule has 0 unspecified atom stereocenters. The lowest BCUT2D eigenvalue weighted by Crippen LogP contribution is -2.66. The Labute approximate surface area is 220 Å². The maximum Gasteiger partial charge on any atom is 0.320 e. The van der Waals surface area contributed by atoms with E-state index in [2.05, 4.69) is 69.3 Å². The molecule has 4 rings (SSSR count). The fourth-order valence-corrected chi connectivity index (χ4v) is 11.1. The number of esters is 1. The lowest BCUT2D eigenvalue weighted by Gasteiger charge is -2.43. The van der Waals surface area contributed by atoms with Gasteiger partial charge in [-0.05, 0) is 34.0 Å². The van der Waals surface area contributed by atoms with Crippen LogP contribution in [0.25, 0.3) is 0 Å². The Balaban J connectivity index is 1.57. The van der Waals surface area contributed by atoms with Gasteiger partial charge in [-0.1, -0.05) is 99.6 Å². The molecule has 1 aliphatic rings. The summed E-state index contributed by atoms with van der Waals surface area (Å²) in [5, 5.41) is 11.8. The van der Waals surface area contributed by atoms with E-state index in [4.69, 9.17) is 9.16 Å². The Morgan fingerprint density at radius 3 is 1.89 bits per heavy atom. The number of hydrogen-bond acceptors (Lipinski definition) is 5. The molecular weight excluding hydrogens is 484 g/mol. The van der Waals surface area contributed by atoms with Crippen LogP contribution in [0.1, 0.15) is 33.6 Å². The highest BCUT2D eigenvalue weighted by atomic mass is 32.2. The summed E-state index contributed by atoms with van der Waals surface area (Å²) in [6.45, 7) is 7.29. The molecule has 1 fully saturated rings. The van der Waals surface area contributed by atoms with Gasteiger partial charge in [-0.15, -0.1) is 11.8 Å². The molecule has 1 aliphatic heterocycles. The molecule has 1 N–H and O–H groups in total. The average molecular weight is 521 g/mol. The molecule has 1 saturated heterocycles. The van der Waals surface area contributed by atoms with Crippen LogP contribution in [0.15, 0.2) is 95.9 Å². The van der Waals surface area contributed by atoms with Crippen LogP contribution in [-0.4, -0.2) is 44.0 Å². The molecule has 0 amide bonds. The smallest absolute Gasteiger partial charge is 0.320 e. The summed E-state index contributed by atoms with van der Waals surface area (Å²) in [7, 11) is -2.65. The predicted molar refractivity (Wildman–Crippen MR) is 149 cm³/mol. The Morgan fingerprint density at radius 1 is 0.861 bits per heavy atom. The van der Waals surface area contributed by atoms with Crippen LogP contribution < -0.4 is 10.4 Å². The number of aliphatic hydroxyl groups excluding tert-OH is 1. The third-order valence-corrected chi connectivity index (χ3v) is 13.4. The van der Waals surface area contributed by atoms with Crippen LogP contribution in [0.4, 0.5) is 0 Å². The quantitative estimate of drug-likeness (QED) is 0.300. The maximum absolute atomic E-state index is 12.9. The van der Waals surface area contributed by atoms with Crippen molar-refractivity contribution in [2.75, 3.05) is 13.2 Å². The van der Waals surface area contributed by atoms with Crippen molar-refractivity contribution in [2.24, 2.45) is 5.92 Å². The molecule has 3 aromatic rings. The first-order valence-corrected chi connectivity index (χ1v) is 15.4. The van der Waals surface area contributed by atoms with Gasteiger partial charge in [0.25, 0.3) is 8.32 Å². The fourth-order valence-electron chi connectivity index (χ4n) is 5.30. The van der Waals surface area contributed by atoms with E-state index >= 15 is 0 Å². The number of ether oxygens (including phenoxy) is 1. The van der Waals surface area contributed by atoms with Crippen molar-refractivity contribution in [1.29, 1.82) is 0 Å². The van der Waals surface area contributed by atoms with Crippen LogP contribution in [0.3, 0.4) is 0 Å². The summed E-state index contributed by atoms with van der Waals surface area (Å²) in [6, 6.07) is 31.0. The number of cyclic esters (lactones) is 1. The minimum absolute atomic E-state index is 0.0270. The van der Waals surface area contributed by atoms with E-state index in [1.807, 2.05) is 42.5 Å². The molecule has 190 valence electrons. The molecule has 4 nitrogen and oxygen atoms in total. The van der Waals surface area contributed by atoms with Crippen molar-refractivity contribution in [2.45, 2.75) is 54.9 Å². The Kier molecular flexibility index (Phi) is 8.73. The number of thioether (sulfide) groups is 1. The fraction of sp³-hybridized carbons (Fsp3) is 0.367. The lowest BCUT2D eigenvalue weighted by molar-refractivity contribution is -0.141. The molecule has 1 heterocycles. The largest absolute Gasteiger partial charge is 0.461 e. The Morgan fingerprint density at radius 2 is 1.39 bits per heavy atom. The van der Waals surface area contributed by atoms with Gasteiger partial charge in [0, 0.05) is 30.4 Å². The summed E-state index contributed by atoms with van der Waals surface area (Å²) in [4.78, 5) is 13.9. The van der Waals surface area contributed by atoms with Crippen molar-refractivity contribution < 1.29 is 19.1 Å². The zero-order valence-corrected chi connectivity index (χ0v) is 23.1. The normalized spacial score (nSPS) is 20.3. The van der Waals surface area contributed by atoms with Crippen molar-refractivity contribution in [3.8, 4) is 0 Å². The first-order valence-electron chi connectivity index (χ1n) is 12.6. The topological polar surface area (TPSA) is 55.8 Å². The van der Waals surface area contributed by atoms with Crippen molar-refractivity contribution >= 4 is 36.4 Å². The van der Waals surface area contributed by atoms with Gasteiger partial charge in [0.05, 0.1) is 0 Å². The van der Waals surface area contributed by atoms with Crippen molar-refractivity contribution in [3.63, 3.8) is 0 Å². The van der Waals surface area contributed by atoms with Crippen molar-refractivity contribution in [3.05, 3.63) is 91.0 Å². The van der Waals surface area contributed by atoms with Gasteiger partial charge in [0.15, 0.2) is 0 Å². The molecule has 0 bridgehead atoms. The van der Waals surface area contributed by atoms with Crippen LogP contribution >= 0.6 is 11.8 Å². The van der Waals surface area contributed by atoms with Crippen LogP contribution in [0, 0.1) is 5.92 Å². The number of carbonyl (C=O) groups is 1. The first kappa shape index (κ1) is 26.7. The third kappa shape index (κ3) is 5.62. The molecular formula is C30H36O4SSi. The number of rotatable bonds is 10. The second kappa shape index (κ2) is 11.8. The monoisotopic (exact) mass is 520 g/mol. The summed E-state index contributed by atoms with van der Waals surface area (Å²) in [5.41, 5.74) is 0. The summed E-state index contributed by atoms with van der Waals surface area (Å²) >= 11 is 1.53. The SMILES string of the molecule is CC(C)(C)[Si](OCC[C@H]1OC(=O)[C@@H](Sc2ccccc2)[C@@H]1CCO)(c1ccccc1)c1ccccc1. The molecule has 0 spiro atoms. The molecule has 3 atom stereocenters. The highest BCUT2D eigenvalue weighted by Crippen LogP contribution is 2.40. The van der Waals surface area contributed by atoms with Gasteiger partial charge < -0.3 is 14.3 Å². The standard InChI is InChI=1S/C30H36O4SSi/c1-30(2,3)36(24-15-9-5-10-16-24,25-17-11-6-12-18-25)33-22-20-27-26(19-21-31)28(29(32)34-27)35-23-13-7-4-8-14-23/h4-18,26-28,31H,19-22H2,1-3H3/t26-,27-,28+/m1/s1. The van der Waals surface area contributed by atoms with E-state index in [0.29, 0.717) is 19.4 Å². The van der Waals surface area contributed by atoms with Crippen LogP contribution in [0.5, 0.6) is 0 Å². The summed E-state index contributed by atoms with van der Waals surface area (Å²) in [6.07, 6.45) is 0.858. The van der Waals surface area contributed by atoms with E-state index in [0.717, 1.165) is 4.90 Å². The maximum atomic E-state index is 12.9. The van der Waals surface area contributed by atoms with E-state index in [1.54, 1.807) is 0 Å². The minimum Gasteiger partial charge on any atom is -0.461 e. The Hall–Kier alpha value is -2.38. The van der Waals surface area contributed by atoms with Gasteiger partial charge in [0.1, 0.15) is 11.4 Å². The second-order valence-corrected chi connectivity index (χ2v) is 15.8. The lowest BCUT2D eigenvalue weighted by atomic mass is 9.95. The van der Waals surface area contributed by atoms with Crippen LogP contribution in [-0.2, 0) is 14.0 Å². The minimum atomic E-state index is -2.65. The molecule has 0 aliphatic carbocycles. The van der Waals surface area contributed by atoms with Gasteiger partial charge in [-0.25, -0.2) is 0 Å². The van der Waals surface area contributed by atoms with Gasteiger partial charge >= 0.3 is 5.97 Å². The number of hydrogen-bond donors (Lipinski definition) is 1. The molecule has 0 saturated carbocycles. The van der Waals surface area contributed by atoms with E-state index in [9.17, 15) is 9.90 Å². The second-order valence-electron chi connectivity index (χ2n) is 10.3. The summed E-state index contributed by atoms with van der Waals surface area (Å²) < 4.78 is 12.9. The van der Waals surface area contributed by atoms with Crippen LogP contribution in [0.2, 0.25) is 5.04 Å². The average Bonchev–Trinajstić information content (AvgIpc) is 3.17. The number of carbonyl (C=O) groups excluding carboxylic acids is 1. The first-order chi connectivity index (χ1) is 17.4. The van der Waals surface area contributed by atoms with E-state index in [1.165, 1.54) is 22.1 Å². The molecule has 6 heteroatoms. The number of aliphatic hydroxyl groups is 1. The highest BCUT2D eigenvalue weighted by molar-refractivity contribution is 8.00. The zero-order valence-electron chi connectivity index (χ0n) is 21.3. The predicted octanol–water partition coefficient (Wildman–Crippen LogP) is 5.04. The van der Waals surface area contributed by atoms with Crippen molar-refractivity contribution in [1.82, 2.24) is 0 Å². The molecule has 36 heavy (non-hydrogen) atoms.